The highest BCUT2D eigenvalue weighted by Gasteiger charge is 2.18. The molecule has 5 heteroatoms. The maximum absolute atomic E-state index is 11.9. The van der Waals surface area contributed by atoms with Crippen LogP contribution in [-0.2, 0) is 9.59 Å². The number of nitrogens with two attached hydrogens (primary N) is 1. The van der Waals surface area contributed by atoms with Gasteiger partial charge in [-0.05, 0) is 22.9 Å². The van der Waals surface area contributed by atoms with Crippen LogP contribution in [0, 0.1) is 0 Å². The minimum absolute atomic E-state index is 0.166. The molecule has 0 heterocycles. The molecule has 0 fully saturated rings. The van der Waals surface area contributed by atoms with Gasteiger partial charge in [0.05, 0.1) is 0 Å². The maximum atomic E-state index is 11.9. The topological polar surface area (TPSA) is 99.8 Å². The summed E-state index contributed by atoms with van der Waals surface area (Å²) >= 11 is 0. The fraction of sp³-hybridized carbons (Fsp3) is 0.200. The summed E-state index contributed by atoms with van der Waals surface area (Å²) in [4.78, 5) is 22.6. The van der Waals surface area contributed by atoms with Crippen LogP contribution in [-0.4, -0.2) is 17.9 Å². The van der Waals surface area contributed by atoms with Gasteiger partial charge in [0, 0.05) is 18.5 Å². The molecular weight excluding hydrogens is 254 g/mol. The first-order chi connectivity index (χ1) is 9.56. The summed E-state index contributed by atoms with van der Waals surface area (Å²) in [6.45, 7) is 0. The second-order valence-electron chi connectivity index (χ2n) is 4.75. The lowest BCUT2D eigenvalue weighted by atomic mass is 10.1. The largest absolute Gasteiger partial charge is 0.370 e. The first-order valence-corrected chi connectivity index (χ1v) is 6.47. The molecule has 0 unspecified atom stereocenters. The van der Waals surface area contributed by atoms with Gasteiger partial charge in [-0.3, -0.25) is 9.59 Å². The Morgan fingerprint density at radius 2 is 1.85 bits per heavy atom. The van der Waals surface area contributed by atoms with Crippen LogP contribution < -0.4 is 16.8 Å². The number of quaternary nitrogens is 1. The van der Waals surface area contributed by atoms with E-state index in [0.29, 0.717) is 6.42 Å². The summed E-state index contributed by atoms with van der Waals surface area (Å²) in [5.74, 6) is -0.626. The van der Waals surface area contributed by atoms with Crippen LogP contribution in [0.3, 0.4) is 0 Å². The van der Waals surface area contributed by atoms with Crippen molar-refractivity contribution in [3.63, 3.8) is 0 Å². The van der Waals surface area contributed by atoms with Crippen molar-refractivity contribution in [1.29, 1.82) is 0 Å². The van der Waals surface area contributed by atoms with E-state index in [1.807, 2.05) is 42.5 Å². The number of amides is 2. The number of carbonyl (C=O) groups excluding carboxylic acids is 2. The summed E-state index contributed by atoms with van der Waals surface area (Å²) in [6.07, 6.45) is 0.522. The normalized spacial score (nSPS) is 12.1. The number of benzene rings is 2. The minimum atomic E-state index is -0.492. The third kappa shape index (κ3) is 3.55. The summed E-state index contributed by atoms with van der Waals surface area (Å²) in [5.41, 5.74) is 9.53. The lowest BCUT2D eigenvalue weighted by Crippen LogP contribution is -2.66. The zero-order valence-corrected chi connectivity index (χ0v) is 11.1. The minimum Gasteiger partial charge on any atom is -0.370 e. The van der Waals surface area contributed by atoms with E-state index in [-0.39, 0.29) is 12.3 Å². The van der Waals surface area contributed by atoms with Crippen LogP contribution in [0.2, 0.25) is 0 Å². The summed E-state index contributed by atoms with van der Waals surface area (Å²) in [7, 11) is 0. The van der Waals surface area contributed by atoms with Crippen molar-refractivity contribution in [1.82, 2.24) is 0 Å². The second kappa shape index (κ2) is 6.16. The molecule has 0 aliphatic carbocycles. The molecule has 0 bridgehead atoms. The molecule has 0 spiro atoms. The van der Waals surface area contributed by atoms with E-state index in [1.165, 1.54) is 0 Å². The van der Waals surface area contributed by atoms with Gasteiger partial charge in [-0.2, -0.15) is 0 Å². The van der Waals surface area contributed by atoms with Crippen LogP contribution in [0.1, 0.15) is 12.8 Å². The fourth-order valence-electron chi connectivity index (χ4n) is 1.96. The lowest BCUT2D eigenvalue weighted by Gasteiger charge is -2.09. The molecule has 2 rings (SSSR count). The third-order valence-electron chi connectivity index (χ3n) is 3.13. The molecule has 0 aliphatic heterocycles. The molecule has 2 amide bonds. The predicted molar refractivity (Wildman–Crippen MR) is 77.7 cm³/mol. The average Bonchev–Trinajstić information content (AvgIpc) is 2.44. The molecule has 2 aromatic carbocycles. The van der Waals surface area contributed by atoms with Crippen LogP contribution >= 0.6 is 0 Å². The van der Waals surface area contributed by atoms with Gasteiger partial charge in [0.25, 0.3) is 5.91 Å². The molecule has 0 saturated carbocycles. The fourth-order valence-corrected chi connectivity index (χ4v) is 1.96. The van der Waals surface area contributed by atoms with Gasteiger partial charge in [0.2, 0.25) is 5.91 Å². The third-order valence-corrected chi connectivity index (χ3v) is 3.13. The van der Waals surface area contributed by atoms with E-state index in [4.69, 9.17) is 5.73 Å². The van der Waals surface area contributed by atoms with Gasteiger partial charge in [-0.25, -0.2) is 0 Å². The highest BCUT2D eigenvalue weighted by molar-refractivity contribution is 5.96. The molecule has 0 radical (unpaired) electrons. The van der Waals surface area contributed by atoms with Crippen molar-refractivity contribution >= 4 is 28.3 Å². The van der Waals surface area contributed by atoms with Crippen LogP contribution in [0.4, 0.5) is 5.69 Å². The highest BCUT2D eigenvalue weighted by atomic mass is 16.2. The standard InChI is InChI=1S/C15H17N3O2/c16-13(7-8-14(17)19)15(20)18-12-6-5-10-3-1-2-4-11(10)9-12/h1-6,9,13H,7-8,16H2,(H2,17,19)(H,18,20)/p+1/t13-/m0/s1. The summed E-state index contributed by atoms with van der Waals surface area (Å²) in [6, 6.07) is 13.1. The SMILES string of the molecule is NC(=O)CC[C@H]([NH3+])C(=O)Nc1ccc2ccccc2c1. The van der Waals surface area contributed by atoms with Crippen molar-refractivity contribution < 1.29 is 15.3 Å². The van der Waals surface area contributed by atoms with Crippen molar-refractivity contribution in [3.05, 3.63) is 42.5 Å². The van der Waals surface area contributed by atoms with Gasteiger partial charge in [0.1, 0.15) is 0 Å². The molecule has 6 N–H and O–H groups in total. The van der Waals surface area contributed by atoms with Crippen LogP contribution in [0.25, 0.3) is 10.8 Å². The zero-order valence-electron chi connectivity index (χ0n) is 11.1. The molecule has 1 atom stereocenters. The van der Waals surface area contributed by atoms with E-state index in [0.717, 1.165) is 16.5 Å². The number of fused-ring (bicyclic) bond motifs is 1. The predicted octanol–water partition coefficient (Wildman–Crippen LogP) is 0.654. The monoisotopic (exact) mass is 272 g/mol. The van der Waals surface area contributed by atoms with Gasteiger partial charge in [-0.1, -0.05) is 30.3 Å². The number of anilines is 1. The molecule has 20 heavy (non-hydrogen) atoms. The number of primary amides is 1. The maximum Gasteiger partial charge on any atom is 0.282 e. The number of hydrogen-bond acceptors (Lipinski definition) is 2. The van der Waals surface area contributed by atoms with Crippen molar-refractivity contribution in [2.75, 3.05) is 5.32 Å². The Kier molecular flexibility index (Phi) is 4.32. The smallest absolute Gasteiger partial charge is 0.282 e. The Balaban J connectivity index is 2.03. The Bertz CT molecular complexity index is 640. The van der Waals surface area contributed by atoms with Crippen molar-refractivity contribution in [2.45, 2.75) is 18.9 Å². The van der Waals surface area contributed by atoms with E-state index >= 15 is 0 Å². The first-order valence-electron chi connectivity index (χ1n) is 6.47. The van der Waals surface area contributed by atoms with E-state index in [1.54, 1.807) is 0 Å². The molecular formula is C15H18N3O2+. The summed E-state index contributed by atoms with van der Waals surface area (Å²) in [5, 5.41) is 4.98. The molecule has 0 saturated heterocycles. The van der Waals surface area contributed by atoms with Gasteiger partial charge < -0.3 is 16.8 Å². The van der Waals surface area contributed by atoms with Gasteiger partial charge >= 0.3 is 0 Å². The van der Waals surface area contributed by atoms with Gasteiger partial charge in [0.15, 0.2) is 6.04 Å². The average molecular weight is 272 g/mol. The number of nitrogens with one attached hydrogen (secondary N) is 1. The van der Waals surface area contributed by atoms with E-state index in [2.05, 4.69) is 11.1 Å². The Morgan fingerprint density at radius 3 is 2.55 bits per heavy atom. The van der Waals surface area contributed by atoms with E-state index < -0.39 is 11.9 Å². The highest BCUT2D eigenvalue weighted by Crippen LogP contribution is 2.18. The Hall–Kier alpha value is -2.40. The Morgan fingerprint density at radius 1 is 1.15 bits per heavy atom. The molecule has 104 valence electrons. The number of carbonyl (C=O) groups is 2. The van der Waals surface area contributed by atoms with E-state index in [9.17, 15) is 9.59 Å². The van der Waals surface area contributed by atoms with Crippen LogP contribution in [0.5, 0.6) is 0 Å². The lowest BCUT2D eigenvalue weighted by molar-refractivity contribution is -0.403. The Labute approximate surface area is 116 Å². The van der Waals surface area contributed by atoms with Crippen molar-refractivity contribution in [2.24, 2.45) is 5.73 Å². The molecule has 2 aromatic rings. The molecule has 0 aliphatic rings. The van der Waals surface area contributed by atoms with Gasteiger partial charge in [-0.15, -0.1) is 0 Å². The first kappa shape index (κ1) is 14.0. The van der Waals surface area contributed by atoms with Crippen molar-refractivity contribution in [3.8, 4) is 0 Å². The number of hydrogen-bond donors (Lipinski definition) is 3. The molecule has 0 aromatic heterocycles. The molecule has 5 nitrogen and oxygen atoms in total. The summed E-state index contributed by atoms with van der Waals surface area (Å²) < 4.78 is 0. The quantitative estimate of drug-likeness (QED) is 0.744. The second-order valence-corrected chi connectivity index (χ2v) is 4.75. The zero-order chi connectivity index (χ0) is 14.5. The van der Waals surface area contributed by atoms with Crippen LogP contribution in [0.15, 0.2) is 42.5 Å². The number of rotatable bonds is 5.